The number of aldehydes is 1. The first-order chi connectivity index (χ1) is 11.3. The van der Waals surface area contributed by atoms with Crippen molar-refractivity contribution in [3.63, 3.8) is 0 Å². The average Bonchev–Trinajstić information content (AvgIpc) is 2.52. The van der Waals surface area contributed by atoms with Crippen LogP contribution in [0.15, 0.2) is 18.2 Å². The van der Waals surface area contributed by atoms with Gasteiger partial charge in [-0.15, -0.1) is 0 Å². The molecule has 0 N–H and O–H groups in total. The molecule has 0 aromatic heterocycles. The van der Waals surface area contributed by atoms with E-state index in [2.05, 4.69) is 0 Å². The second-order valence-electron chi connectivity index (χ2n) is 7.38. The van der Waals surface area contributed by atoms with Crippen molar-refractivity contribution in [2.24, 2.45) is 5.92 Å². The van der Waals surface area contributed by atoms with Crippen molar-refractivity contribution in [2.75, 3.05) is 19.7 Å². The summed E-state index contributed by atoms with van der Waals surface area (Å²) in [7, 11) is 1.95. The lowest BCUT2D eigenvalue weighted by Crippen LogP contribution is -2.42. The summed E-state index contributed by atoms with van der Waals surface area (Å²) in [6, 6.07) is 5.61. The standard InChI is InChI=1S/C18H26BNO4/c1-18(2,3)24-17(22)20-8-6-13(7-9-20)12-23-16-5-4-15(19)10-14(16)11-21/h4-5,10-11,13H,6-9,12,19H2,1-3H3. The van der Waals surface area contributed by atoms with E-state index in [9.17, 15) is 9.59 Å². The third-order valence-electron chi connectivity index (χ3n) is 4.03. The molecule has 0 unspecified atom stereocenters. The Morgan fingerprint density at radius 1 is 1.33 bits per heavy atom. The van der Waals surface area contributed by atoms with Gasteiger partial charge in [-0.3, -0.25) is 4.79 Å². The summed E-state index contributed by atoms with van der Waals surface area (Å²) < 4.78 is 11.2. The van der Waals surface area contributed by atoms with Crippen LogP contribution in [0.1, 0.15) is 44.0 Å². The highest BCUT2D eigenvalue weighted by Crippen LogP contribution is 2.22. The summed E-state index contributed by atoms with van der Waals surface area (Å²) in [6.07, 6.45) is 2.33. The minimum atomic E-state index is -0.465. The first-order valence-electron chi connectivity index (χ1n) is 8.45. The molecule has 0 radical (unpaired) electrons. The number of likely N-dealkylation sites (tertiary alicyclic amines) is 1. The smallest absolute Gasteiger partial charge is 0.410 e. The van der Waals surface area contributed by atoms with Crippen LogP contribution in [0.3, 0.4) is 0 Å². The van der Waals surface area contributed by atoms with E-state index in [1.165, 1.54) is 0 Å². The van der Waals surface area contributed by atoms with Gasteiger partial charge in [-0.05, 0) is 45.6 Å². The number of piperidine rings is 1. The van der Waals surface area contributed by atoms with Gasteiger partial charge in [0.2, 0.25) is 0 Å². The monoisotopic (exact) mass is 331 g/mol. The Labute approximate surface area is 144 Å². The van der Waals surface area contributed by atoms with Crippen molar-refractivity contribution < 1.29 is 19.1 Å². The fourth-order valence-corrected chi connectivity index (χ4v) is 2.71. The molecule has 24 heavy (non-hydrogen) atoms. The summed E-state index contributed by atoms with van der Waals surface area (Å²) in [5.74, 6) is 1.01. The molecule has 1 aromatic carbocycles. The lowest BCUT2D eigenvalue weighted by atomic mass is 9.94. The van der Waals surface area contributed by atoms with E-state index in [-0.39, 0.29) is 6.09 Å². The number of ether oxygens (including phenoxy) is 2. The quantitative estimate of drug-likeness (QED) is 0.623. The zero-order chi connectivity index (χ0) is 17.7. The molecule has 1 saturated heterocycles. The molecular weight excluding hydrogens is 305 g/mol. The van der Waals surface area contributed by atoms with E-state index in [0.29, 0.717) is 36.9 Å². The van der Waals surface area contributed by atoms with Gasteiger partial charge in [-0.1, -0.05) is 17.6 Å². The van der Waals surface area contributed by atoms with Gasteiger partial charge in [0.1, 0.15) is 19.2 Å². The van der Waals surface area contributed by atoms with E-state index in [1.807, 2.05) is 46.8 Å². The molecule has 0 spiro atoms. The average molecular weight is 331 g/mol. The van der Waals surface area contributed by atoms with Crippen LogP contribution in [-0.2, 0) is 4.74 Å². The van der Waals surface area contributed by atoms with Crippen LogP contribution < -0.4 is 10.2 Å². The Hall–Kier alpha value is -1.98. The zero-order valence-corrected chi connectivity index (χ0v) is 15.0. The number of carbonyl (C=O) groups is 2. The summed E-state index contributed by atoms with van der Waals surface area (Å²) in [5, 5.41) is 0. The molecule has 0 bridgehead atoms. The molecule has 0 atom stereocenters. The maximum Gasteiger partial charge on any atom is 0.410 e. The van der Waals surface area contributed by atoms with Gasteiger partial charge in [0.05, 0.1) is 12.2 Å². The predicted molar refractivity (Wildman–Crippen MR) is 96.0 cm³/mol. The topological polar surface area (TPSA) is 55.8 Å². The van der Waals surface area contributed by atoms with Crippen LogP contribution in [-0.4, -0.2) is 50.4 Å². The van der Waals surface area contributed by atoms with Gasteiger partial charge in [0, 0.05) is 13.1 Å². The molecule has 1 aromatic rings. The lowest BCUT2D eigenvalue weighted by Gasteiger charge is -2.33. The fraction of sp³-hybridized carbons (Fsp3) is 0.556. The van der Waals surface area contributed by atoms with Crippen molar-refractivity contribution >= 4 is 25.7 Å². The second-order valence-corrected chi connectivity index (χ2v) is 7.38. The van der Waals surface area contributed by atoms with Crippen molar-refractivity contribution in [3.8, 4) is 5.75 Å². The van der Waals surface area contributed by atoms with Crippen molar-refractivity contribution in [1.82, 2.24) is 4.90 Å². The van der Waals surface area contributed by atoms with Crippen LogP contribution in [0, 0.1) is 5.92 Å². The largest absolute Gasteiger partial charge is 0.493 e. The first kappa shape index (κ1) is 18.4. The third kappa shape index (κ3) is 5.29. The van der Waals surface area contributed by atoms with Crippen LogP contribution in [0.5, 0.6) is 5.75 Å². The number of carbonyl (C=O) groups excluding carboxylic acids is 2. The Kier molecular flexibility index (Phi) is 5.92. The molecule has 1 heterocycles. The van der Waals surface area contributed by atoms with E-state index in [0.717, 1.165) is 24.6 Å². The summed E-state index contributed by atoms with van der Waals surface area (Å²) in [5.41, 5.74) is 1.16. The van der Waals surface area contributed by atoms with Crippen molar-refractivity contribution in [2.45, 2.75) is 39.2 Å². The number of hydrogen-bond donors (Lipinski definition) is 0. The third-order valence-corrected chi connectivity index (χ3v) is 4.03. The molecule has 2 rings (SSSR count). The Bertz CT molecular complexity index is 589. The highest BCUT2D eigenvalue weighted by molar-refractivity contribution is 6.32. The molecule has 5 nitrogen and oxygen atoms in total. The Balaban J connectivity index is 1.81. The summed E-state index contributed by atoms with van der Waals surface area (Å²) in [4.78, 5) is 24.9. The Morgan fingerprint density at radius 3 is 2.58 bits per heavy atom. The molecular formula is C18H26BNO4. The molecule has 0 saturated carbocycles. The number of rotatable bonds is 4. The van der Waals surface area contributed by atoms with Gasteiger partial charge in [0.15, 0.2) is 6.29 Å². The number of nitrogens with zero attached hydrogens (tertiary/aromatic N) is 1. The Morgan fingerprint density at radius 2 is 2.00 bits per heavy atom. The molecule has 6 heteroatoms. The molecule has 1 fully saturated rings. The van der Waals surface area contributed by atoms with Gasteiger partial charge >= 0.3 is 6.09 Å². The van der Waals surface area contributed by atoms with E-state index < -0.39 is 5.60 Å². The highest BCUT2D eigenvalue weighted by Gasteiger charge is 2.27. The summed E-state index contributed by atoms with van der Waals surface area (Å²) >= 11 is 0. The normalized spacial score (nSPS) is 15.9. The highest BCUT2D eigenvalue weighted by atomic mass is 16.6. The molecule has 0 aliphatic carbocycles. The fourth-order valence-electron chi connectivity index (χ4n) is 2.71. The van der Waals surface area contributed by atoms with Gasteiger partial charge < -0.3 is 14.4 Å². The SMILES string of the molecule is Bc1ccc(OCC2CCN(C(=O)OC(C)(C)C)CC2)c(C=O)c1. The molecule has 130 valence electrons. The van der Waals surface area contributed by atoms with Crippen molar-refractivity contribution in [1.29, 1.82) is 0 Å². The second kappa shape index (κ2) is 7.73. The van der Waals surface area contributed by atoms with Crippen LogP contribution in [0.2, 0.25) is 0 Å². The van der Waals surface area contributed by atoms with Gasteiger partial charge in [-0.2, -0.15) is 0 Å². The molecule has 1 aliphatic rings. The molecule has 1 aliphatic heterocycles. The number of benzene rings is 1. The van der Waals surface area contributed by atoms with Gasteiger partial charge in [-0.25, -0.2) is 4.79 Å². The van der Waals surface area contributed by atoms with E-state index in [4.69, 9.17) is 9.47 Å². The number of hydrogen-bond acceptors (Lipinski definition) is 4. The minimum Gasteiger partial charge on any atom is -0.493 e. The van der Waals surface area contributed by atoms with Crippen LogP contribution in [0.25, 0.3) is 0 Å². The van der Waals surface area contributed by atoms with E-state index in [1.54, 1.807) is 4.90 Å². The van der Waals surface area contributed by atoms with Gasteiger partial charge in [0.25, 0.3) is 0 Å². The first-order valence-corrected chi connectivity index (χ1v) is 8.45. The van der Waals surface area contributed by atoms with E-state index >= 15 is 0 Å². The predicted octanol–water partition coefficient (Wildman–Crippen LogP) is 1.78. The lowest BCUT2D eigenvalue weighted by molar-refractivity contribution is 0.0164. The minimum absolute atomic E-state index is 0.247. The maximum atomic E-state index is 12.0. The van der Waals surface area contributed by atoms with Crippen molar-refractivity contribution in [3.05, 3.63) is 23.8 Å². The van der Waals surface area contributed by atoms with Crippen LogP contribution >= 0.6 is 0 Å². The summed E-state index contributed by atoms with van der Waals surface area (Å²) in [6.45, 7) is 7.54. The maximum absolute atomic E-state index is 12.0. The zero-order valence-electron chi connectivity index (χ0n) is 15.0. The number of amides is 1. The molecule has 1 amide bonds. The van der Waals surface area contributed by atoms with Crippen LogP contribution in [0.4, 0.5) is 4.79 Å².